The lowest BCUT2D eigenvalue weighted by atomic mass is 9.99. The first-order valence-electron chi connectivity index (χ1n) is 19.9. The van der Waals surface area contributed by atoms with Crippen LogP contribution in [0.2, 0.25) is 5.04 Å². The minimum absolute atomic E-state index is 0.217. The quantitative estimate of drug-likeness (QED) is 0.0910. The van der Waals surface area contributed by atoms with Crippen LogP contribution >= 0.6 is 11.8 Å². The van der Waals surface area contributed by atoms with Gasteiger partial charge in [-0.05, 0) is 51.2 Å². The van der Waals surface area contributed by atoms with Crippen LogP contribution in [0, 0.1) is 6.92 Å². The average molecular weight is 795 g/mol. The van der Waals surface area contributed by atoms with Crippen LogP contribution in [0.1, 0.15) is 43.0 Å². The van der Waals surface area contributed by atoms with Crippen molar-refractivity contribution in [2.75, 3.05) is 6.61 Å². The Bertz CT molecular complexity index is 2020. The van der Waals surface area contributed by atoms with Crippen LogP contribution in [-0.4, -0.2) is 44.8 Å². The molecule has 6 aromatic rings. The molecule has 6 aromatic carbocycles. The summed E-state index contributed by atoms with van der Waals surface area (Å²) in [5.41, 5.74) is 4.01. The highest BCUT2D eigenvalue weighted by Gasteiger charge is 2.53. The van der Waals surface area contributed by atoms with E-state index in [2.05, 4.69) is 149 Å². The van der Waals surface area contributed by atoms with Gasteiger partial charge in [0.1, 0.15) is 29.9 Å². The summed E-state index contributed by atoms with van der Waals surface area (Å²) in [6.45, 7) is 10.5. The molecule has 0 bridgehead atoms. The first-order valence-corrected chi connectivity index (χ1v) is 22.7. The molecule has 0 spiro atoms. The predicted molar refractivity (Wildman–Crippen MR) is 234 cm³/mol. The topological polar surface area (TPSA) is 46.2 Å². The van der Waals surface area contributed by atoms with Gasteiger partial charge in [0, 0.05) is 4.90 Å². The van der Waals surface area contributed by atoms with Crippen LogP contribution in [0.5, 0.6) is 0 Å². The molecule has 0 N–H and O–H groups in total. The highest BCUT2D eigenvalue weighted by molar-refractivity contribution is 7.99. The Balaban J connectivity index is 1.31. The van der Waals surface area contributed by atoms with Crippen molar-refractivity contribution >= 4 is 30.5 Å². The number of hydrogen-bond acceptors (Lipinski definition) is 6. The number of hydrogen-bond donors (Lipinski definition) is 0. The van der Waals surface area contributed by atoms with Gasteiger partial charge in [-0.15, -0.1) is 0 Å². The standard InChI is InChI=1S/C50H54O5SSi/c1-38-30-32-42(33-31-38)56-49-48(53-36-41-24-14-7-15-25-41)47(52-35-40-22-12-6-13-23-40)46(51-34-39-20-10-5-11-21-39)45(55-49)37-54-57(50(2,3)4,43-26-16-8-17-27-43)44-28-18-9-19-29-44/h5-33,45-49H,34-37H2,1-4H3/t45-,46-,47+,48-,49+/m1/s1. The van der Waals surface area contributed by atoms with Gasteiger partial charge in [-0.2, -0.15) is 0 Å². The second-order valence-corrected chi connectivity index (χ2v) is 21.2. The van der Waals surface area contributed by atoms with Gasteiger partial charge in [0.05, 0.1) is 26.4 Å². The summed E-state index contributed by atoms with van der Waals surface area (Å²) >= 11 is 1.67. The van der Waals surface area contributed by atoms with Gasteiger partial charge in [0.2, 0.25) is 0 Å². The maximum atomic E-state index is 7.61. The van der Waals surface area contributed by atoms with Crippen molar-refractivity contribution in [1.29, 1.82) is 0 Å². The average Bonchev–Trinajstić information content (AvgIpc) is 3.24. The van der Waals surface area contributed by atoms with Crippen molar-refractivity contribution < 1.29 is 23.4 Å². The van der Waals surface area contributed by atoms with E-state index in [0.717, 1.165) is 21.6 Å². The predicted octanol–water partition coefficient (Wildman–Crippen LogP) is 10.1. The van der Waals surface area contributed by atoms with Gasteiger partial charge in [-0.3, -0.25) is 0 Å². The number of aryl methyl sites for hydroxylation is 1. The lowest BCUT2D eigenvalue weighted by Crippen LogP contribution is -2.68. The number of rotatable bonds is 16. The molecule has 5 nitrogen and oxygen atoms in total. The molecule has 1 saturated heterocycles. The van der Waals surface area contributed by atoms with E-state index >= 15 is 0 Å². The van der Waals surface area contributed by atoms with Crippen molar-refractivity contribution in [3.63, 3.8) is 0 Å². The molecule has 294 valence electrons. The fourth-order valence-electron chi connectivity index (χ4n) is 7.69. The van der Waals surface area contributed by atoms with Gasteiger partial charge in [-0.1, -0.05) is 202 Å². The summed E-state index contributed by atoms with van der Waals surface area (Å²) in [5, 5.41) is 2.21. The first kappa shape index (κ1) is 40.9. The fraction of sp³-hybridized carbons (Fsp3) is 0.280. The molecule has 5 atom stereocenters. The molecule has 7 heteroatoms. The lowest BCUT2D eigenvalue weighted by molar-refractivity contribution is -0.251. The van der Waals surface area contributed by atoms with E-state index in [-0.39, 0.29) is 5.04 Å². The third kappa shape index (κ3) is 10.2. The zero-order chi connectivity index (χ0) is 39.5. The summed E-state index contributed by atoms with van der Waals surface area (Å²) in [5.74, 6) is 0. The fourth-order valence-corrected chi connectivity index (χ4v) is 13.4. The van der Waals surface area contributed by atoms with Crippen LogP contribution in [0.25, 0.3) is 0 Å². The van der Waals surface area contributed by atoms with E-state index in [4.69, 9.17) is 23.4 Å². The number of thioether (sulfide) groups is 1. The number of ether oxygens (including phenoxy) is 4. The second kappa shape index (κ2) is 19.4. The second-order valence-electron chi connectivity index (χ2n) is 15.7. The molecular formula is C50H54O5SSi. The summed E-state index contributed by atoms with van der Waals surface area (Å²) in [6.07, 6.45) is -1.99. The van der Waals surface area contributed by atoms with E-state index < -0.39 is 38.2 Å². The minimum atomic E-state index is -2.94. The molecule has 1 fully saturated rings. The minimum Gasteiger partial charge on any atom is -0.405 e. The van der Waals surface area contributed by atoms with Gasteiger partial charge in [0.15, 0.2) is 0 Å². The summed E-state index contributed by atoms with van der Waals surface area (Å²) in [4.78, 5) is 1.09. The van der Waals surface area contributed by atoms with Crippen molar-refractivity contribution in [3.8, 4) is 0 Å². The Hall–Kier alpha value is -4.31. The first-order chi connectivity index (χ1) is 27.8. The van der Waals surface area contributed by atoms with Crippen molar-refractivity contribution in [2.24, 2.45) is 0 Å². The maximum Gasteiger partial charge on any atom is 0.261 e. The zero-order valence-corrected chi connectivity index (χ0v) is 35.2. The normalized spacial score (nSPS) is 20.0. The monoisotopic (exact) mass is 794 g/mol. The molecule has 57 heavy (non-hydrogen) atoms. The Kier molecular flexibility index (Phi) is 13.9. The SMILES string of the molecule is Cc1ccc(S[C@@H]2O[C@H](CO[Si](c3ccccc3)(c3ccccc3)C(C)(C)C)[C@@H](OCc3ccccc3)[C@H](OCc3ccccc3)[C@H]2OCc2ccccc2)cc1. The van der Waals surface area contributed by atoms with Crippen LogP contribution in [0.3, 0.4) is 0 Å². The molecule has 0 aromatic heterocycles. The molecule has 1 aliphatic heterocycles. The molecule has 7 rings (SSSR count). The third-order valence-corrected chi connectivity index (χ3v) is 16.8. The molecule has 0 amide bonds. The van der Waals surface area contributed by atoms with Crippen LogP contribution < -0.4 is 10.4 Å². The van der Waals surface area contributed by atoms with Crippen LogP contribution in [0.4, 0.5) is 0 Å². The molecule has 0 unspecified atom stereocenters. The van der Waals surface area contributed by atoms with E-state index in [0.29, 0.717) is 26.4 Å². The molecule has 0 aliphatic carbocycles. The highest BCUT2D eigenvalue weighted by Crippen LogP contribution is 2.41. The van der Waals surface area contributed by atoms with E-state index in [1.807, 2.05) is 54.6 Å². The smallest absolute Gasteiger partial charge is 0.261 e. The zero-order valence-electron chi connectivity index (χ0n) is 33.4. The largest absolute Gasteiger partial charge is 0.405 e. The molecular weight excluding hydrogens is 741 g/mol. The molecule has 0 radical (unpaired) electrons. The third-order valence-electron chi connectivity index (χ3n) is 10.6. The highest BCUT2D eigenvalue weighted by atomic mass is 32.2. The van der Waals surface area contributed by atoms with E-state index in [1.54, 1.807) is 11.8 Å². The molecule has 1 aliphatic rings. The van der Waals surface area contributed by atoms with E-state index in [1.165, 1.54) is 15.9 Å². The van der Waals surface area contributed by atoms with Crippen molar-refractivity contribution in [2.45, 2.75) is 87.3 Å². The Labute approximate surface area is 344 Å². The van der Waals surface area contributed by atoms with Gasteiger partial charge in [0.25, 0.3) is 8.32 Å². The Morgan fingerprint density at radius 2 is 0.912 bits per heavy atom. The van der Waals surface area contributed by atoms with Gasteiger partial charge in [-0.25, -0.2) is 0 Å². The van der Waals surface area contributed by atoms with Crippen molar-refractivity contribution in [1.82, 2.24) is 0 Å². The van der Waals surface area contributed by atoms with E-state index in [9.17, 15) is 0 Å². The Morgan fingerprint density at radius 3 is 1.35 bits per heavy atom. The molecule has 0 saturated carbocycles. The molecule has 1 heterocycles. The summed E-state index contributed by atoms with van der Waals surface area (Å²) in [6, 6.07) is 61.1. The maximum absolute atomic E-state index is 7.61. The lowest BCUT2D eigenvalue weighted by Gasteiger charge is -2.48. The van der Waals surface area contributed by atoms with Crippen molar-refractivity contribution in [3.05, 3.63) is 198 Å². The van der Waals surface area contributed by atoms with Crippen LogP contribution in [0.15, 0.2) is 181 Å². The number of benzene rings is 6. The Morgan fingerprint density at radius 1 is 0.509 bits per heavy atom. The summed E-state index contributed by atoms with van der Waals surface area (Å²) in [7, 11) is -2.94. The van der Waals surface area contributed by atoms with Gasteiger partial charge >= 0.3 is 0 Å². The summed E-state index contributed by atoms with van der Waals surface area (Å²) < 4.78 is 36.0. The van der Waals surface area contributed by atoms with Gasteiger partial charge < -0.3 is 23.4 Å². The van der Waals surface area contributed by atoms with Crippen LogP contribution in [-0.2, 0) is 43.2 Å².